The summed E-state index contributed by atoms with van der Waals surface area (Å²) in [6, 6.07) is 8.51. The van der Waals surface area contributed by atoms with Crippen molar-refractivity contribution in [3.8, 4) is 0 Å². The molecule has 0 fully saturated rings. The van der Waals surface area contributed by atoms with Crippen molar-refractivity contribution in [2.45, 2.75) is 19.8 Å². The van der Waals surface area contributed by atoms with Crippen LogP contribution in [-0.4, -0.2) is 6.54 Å². The molecule has 0 aliphatic rings. The predicted molar refractivity (Wildman–Crippen MR) is 48.6 cm³/mol. The summed E-state index contributed by atoms with van der Waals surface area (Å²) in [7, 11) is 0. The molecule has 0 aliphatic carbocycles. The van der Waals surface area contributed by atoms with Crippen LogP contribution in [0.3, 0.4) is 0 Å². The van der Waals surface area contributed by atoms with E-state index < -0.39 is 0 Å². The van der Waals surface area contributed by atoms with Crippen LogP contribution in [0.1, 0.15) is 24.0 Å². The Labute approximate surface area is 68.2 Å². The van der Waals surface area contributed by atoms with Gasteiger partial charge in [0.05, 0.1) is 0 Å². The van der Waals surface area contributed by atoms with Crippen LogP contribution >= 0.6 is 0 Å². The molecule has 11 heavy (non-hydrogen) atoms. The van der Waals surface area contributed by atoms with E-state index in [1.807, 2.05) is 0 Å². The van der Waals surface area contributed by atoms with E-state index in [9.17, 15) is 0 Å². The Balaban J connectivity index is 2.86. The van der Waals surface area contributed by atoms with Gasteiger partial charge in [0.15, 0.2) is 0 Å². The zero-order valence-corrected chi connectivity index (χ0v) is 7.17. The van der Waals surface area contributed by atoms with Crippen molar-refractivity contribution in [3.63, 3.8) is 0 Å². The van der Waals surface area contributed by atoms with Crippen LogP contribution in [0.4, 0.5) is 0 Å². The van der Waals surface area contributed by atoms with Crippen molar-refractivity contribution in [1.29, 1.82) is 0 Å². The number of rotatable bonds is 2. The van der Waals surface area contributed by atoms with E-state index in [0.29, 0.717) is 5.92 Å². The molecule has 1 aromatic rings. The fourth-order valence-corrected chi connectivity index (χ4v) is 1.11. The first-order chi connectivity index (χ1) is 5.24. The zero-order valence-electron chi connectivity index (χ0n) is 7.17. The second kappa shape index (κ2) is 3.54. The first-order valence-corrected chi connectivity index (χ1v) is 4.00. The summed E-state index contributed by atoms with van der Waals surface area (Å²) in [4.78, 5) is 0. The highest BCUT2D eigenvalue weighted by molar-refractivity contribution is 5.25. The minimum atomic E-state index is 0.481. The molecule has 60 valence electrons. The third-order valence-electron chi connectivity index (χ3n) is 1.96. The fourth-order valence-electron chi connectivity index (χ4n) is 1.11. The molecule has 0 unspecified atom stereocenters. The van der Waals surface area contributed by atoms with Gasteiger partial charge in [-0.2, -0.15) is 0 Å². The molecule has 0 radical (unpaired) electrons. The van der Waals surface area contributed by atoms with Crippen molar-refractivity contribution in [2.24, 2.45) is 5.73 Å². The van der Waals surface area contributed by atoms with Crippen molar-refractivity contribution in [1.82, 2.24) is 0 Å². The number of hydrogen-bond donors (Lipinski definition) is 1. The molecule has 0 aromatic heterocycles. The molecule has 0 saturated carbocycles. The van der Waals surface area contributed by atoms with E-state index in [1.165, 1.54) is 11.1 Å². The largest absolute Gasteiger partial charge is 0.330 e. The minimum Gasteiger partial charge on any atom is -0.330 e. The molecular weight excluding hydrogens is 134 g/mol. The molecular formula is C10H15N. The highest BCUT2D eigenvalue weighted by Crippen LogP contribution is 2.14. The van der Waals surface area contributed by atoms with Gasteiger partial charge >= 0.3 is 0 Å². The van der Waals surface area contributed by atoms with E-state index in [2.05, 4.69) is 38.1 Å². The summed E-state index contributed by atoms with van der Waals surface area (Å²) in [6.07, 6.45) is 0. The van der Waals surface area contributed by atoms with E-state index in [1.54, 1.807) is 0 Å². The Bertz CT molecular complexity index is 230. The molecule has 0 spiro atoms. The normalized spacial score (nSPS) is 13.0. The minimum absolute atomic E-state index is 0.481. The predicted octanol–water partition coefficient (Wildman–Crippen LogP) is 2.06. The lowest BCUT2D eigenvalue weighted by atomic mass is 10.00. The van der Waals surface area contributed by atoms with Gasteiger partial charge in [-0.3, -0.25) is 0 Å². The smallest absolute Gasteiger partial charge is 0.00109 e. The summed E-state index contributed by atoms with van der Waals surface area (Å²) in [6.45, 7) is 4.98. The van der Waals surface area contributed by atoms with Crippen LogP contribution in [-0.2, 0) is 0 Å². The Morgan fingerprint density at radius 1 is 1.45 bits per heavy atom. The third-order valence-corrected chi connectivity index (χ3v) is 1.96. The van der Waals surface area contributed by atoms with Crippen LogP contribution in [0.15, 0.2) is 24.3 Å². The Morgan fingerprint density at radius 2 is 2.18 bits per heavy atom. The monoisotopic (exact) mass is 149 g/mol. The van der Waals surface area contributed by atoms with E-state index >= 15 is 0 Å². The lowest BCUT2D eigenvalue weighted by Gasteiger charge is -2.08. The van der Waals surface area contributed by atoms with Gasteiger partial charge in [0, 0.05) is 0 Å². The summed E-state index contributed by atoms with van der Waals surface area (Å²) in [5, 5.41) is 0. The topological polar surface area (TPSA) is 26.0 Å². The maximum Gasteiger partial charge on any atom is -0.00109 e. The van der Waals surface area contributed by atoms with Gasteiger partial charge in [-0.15, -0.1) is 0 Å². The van der Waals surface area contributed by atoms with Gasteiger partial charge in [0.1, 0.15) is 0 Å². The highest BCUT2D eigenvalue weighted by atomic mass is 14.5. The lowest BCUT2D eigenvalue weighted by Crippen LogP contribution is -2.08. The molecule has 1 nitrogen and oxygen atoms in total. The summed E-state index contributed by atoms with van der Waals surface area (Å²) in [5.41, 5.74) is 8.20. The van der Waals surface area contributed by atoms with Crippen molar-refractivity contribution in [2.75, 3.05) is 6.54 Å². The van der Waals surface area contributed by atoms with E-state index in [-0.39, 0.29) is 0 Å². The van der Waals surface area contributed by atoms with Gasteiger partial charge in [0.25, 0.3) is 0 Å². The molecule has 0 aliphatic heterocycles. The Hall–Kier alpha value is -0.820. The van der Waals surface area contributed by atoms with Crippen LogP contribution in [0.5, 0.6) is 0 Å². The molecule has 0 amide bonds. The van der Waals surface area contributed by atoms with Crippen LogP contribution in [0, 0.1) is 6.92 Å². The Kier molecular flexibility index (Phi) is 2.66. The van der Waals surface area contributed by atoms with E-state index in [4.69, 9.17) is 5.73 Å². The molecule has 0 bridgehead atoms. The summed E-state index contributed by atoms with van der Waals surface area (Å²) >= 11 is 0. The van der Waals surface area contributed by atoms with Crippen molar-refractivity contribution in [3.05, 3.63) is 35.4 Å². The van der Waals surface area contributed by atoms with Crippen molar-refractivity contribution >= 4 is 0 Å². The number of hydrogen-bond acceptors (Lipinski definition) is 1. The highest BCUT2D eigenvalue weighted by Gasteiger charge is 2.01. The fraction of sp³-hybridized carbons (Fsp3) is 0.400. The third kappa shape index (κ3) is 2.05. The molecule has 1 aromatic carbocycles. The molecule has 1 heteroatoms. The van der Waals surface area contributed by atoms with Gasteiger partial charge in [-0.05, 0) is 24.9 Å². The first kappa shape index (κ1) is 8.28. The lowest BCUT2D eigenvalue weighted by molar-refractivity contribution is 0.773. The summed E-state index contributed by atoms with van der Waals surface area (Å²) in [5.74, 6) is 0.481. The molecule has 0 heterocycles. The maximum absolute atomic E-state index is 5.55. The molecule has 0 saturated heterocycles. The number of nitrogens with two attached hydrogens (primary N) is 1. The van der Waals surface area contributed by atoms with Gasteiger partial charge < -0.3 is 5.73 Å². The zero-order chi connectivity index (χ0) is 8.27. The first-order valence-electron chi connectivity index (χ1n) is 4.00. The average Bonchev–Trinajstić information content (AvgIpc) is 2.03. The SMILES string of the molecule is Cc1cccc([C@@H](C)CN)c1. The standard InChI is InChI=1S/C10H15N/c1-8-4-3-5-10(6-8)9(2)7-11/h3-6,9H,7,11H2,1-2H3/t9-/m0/s1. The second-order valence-corrected chi connectivity index (χ2v) is 3.05. The van der Waals surface area contributed by atoms with Crippen LogP contribution in [0.2, 0.25) is 0 Å². The molecule has 1 rings (SSSR count). The molecule has 2 N–H and O–H groups in total. The maximum atomic E-state index is 5.55. The van der Waals surface area contributed by atoms with Gasteiger partial charge in [-0.25, -0.2) is 0 Å². The van der Waals surface area contributed by atoms with E-state index in [0.717, 1.165) is 6.54 Å². The average molecular weight is 149 g/mol. The quantitative estimate of drug-likeness (QED) is 0.684. The number of benzene rings is 1. The number of aryl methyl sites for hydroxylation is 1. The summed E-state index contributed by atoms with van der Waals surface area (Å²) < 4.78 is 0. The Morgan fingerprint density at radius 3 is 2.73 bits per heavy atom. The van der Waals surface area contributed by atoms with Gasteiger partial charge in [-0.1, -0.05) is 36.8 Å². The van der Waals surface area contributed by atoms with Gasteiger partial charge in [0.2, 0.25) is 0 Å². The second-order valence-electron chi connectivity index (χ2n) is 3.05. The van der Waals surface area contributed by atoms with Crippen LogP contribution in [0.25, 0.3) is 0 Å². The molecule has 1 atom stereocenters. The van der Waals surface area contributed by atoms with Crippen LogP contribution < -0.4 is 5.73 Å². The van der Waals surface area contributed by atoms with Crippen molar-refractivity contribution < 1.29 is 0 Å².